The molecule has 0 unspecified atom stereocenters. The second-order valence-electron chi connectivity index (χ2n) is 7.86. The Bertz CT molecular complexity index is 971. The predicted molar refractivity (Wildman–Crippen MR) is 106 cm³/mol. The van der Waals surface area contributed by atoms with Crippen molar-refractivity contribution in [1.82, 2.24) is 24.6 Å². The third-order valence-electron chi connectivity index (χ3n) is 5.90. The standard InChI is InChI=1S/C20H26N6O3/c1-13-14-12-16(27)25(10-11-29-4)17(14)22-19(21-13)20(2)7-5-8-26(20)18(28)15-6-9-24(3)23-15/h6,9H,5,7-8,10-12H2,1-4H3/t20-/m0/s1. The molecule has 4 rings (SSSR count). The summed E-state index contributed by atoms with van der Waals surface area (Å²) in [6.45, 7) is 5.41. The highest BCUT2D eigenvalue weighted by molar-refractivity contribution is 6.00. The maximum Gasteiger partial charge on any atom is 0.275 e. The normalized spacial score (nSPS) is 21.2. The molecule has 0 aliphatic carbocycles. The van der Waals surface area contributed by atoms with Crippen LogP contribution in [0.3, 0.4) is 0 Å². The average molecular weight is 398 g/mol. The zero-order valence-electron chi connectivity index (χ0n) is 17.3. The van der Waals surface area contributed by atoms with Gasteiger partial charge in [0.15, 0.2) is 5.82 Å². The Morgan fingerprint density at radius 3 is 2.83 bits per heavy atom. The summed E-state index contributed by atoms with van der Waals surface area (Å²) in [5, 5.41) is 4.26. The highest BCUT2D eigenvalue weighted by Crippen LogP contribution is 2.40. The van der Waals surface area contributed by atoms with Crippen molar-refractivity contribution in [2.24, 2.45) is 7.05 Å². The molecule has 2 amide bonds. The molecule has 9 nitrogen and oxygen atoms in total. The number of aryl methyl sites for hydroxylation is 2. The number of rotatable bonds is 5. The Morgan fingerprint density at radius 1 is 1.34 bits per heavy atom. The molecule has 1 fully saturated rings. The summed E-state index contributed by atoms with van der Waals surface area (Å²) in [7, 11) is 3.40. The van der Waals surface area contributed by atoms with E-state index in [-0.39, 0.29) is 11.8 Å². The van der Waals surface area contributed by atoms with E-state index in [4.69, 9.17) is 14.7 Å². The van der Waals surface area contributed by atoms with E-state index in [1.165, 1.54) is 0 Å². The molecule has 4 heterocycles. The van der Waals surface area contributed by atoms with Crippen LogP contribution in [-0.4, -0.2) is 63.3 Å². The number of nitrogens with zero attached hydrogens (tertiary/aromatic N) is 6. The molecular weight excluding hydrogens is 372 g/mol. The van der Waals surface area contributed by atoms with Crippen LogP contribution in [-0.2, 0) is 28.5 Å². The number of carbonyl (C=O) groups is 2. The van der Waals surface area contributed by atoms with Crippen molar-refractivity contribution >= 4 is 17.6 Å². The third kappa shape index (κ3) is 3.19. The molecule has 2 aliphatic rings. The molecule has 0 saturated carbocycles. The van der Waals surface area contributed by atoms with E-state index in [1.807, 2.05) is 18.7 Å². The van der Waals surface area contributed by atoms with Gasteiger partial charge in [0, 0.05) is 38.2 Å². The molecule has 0 aromatic carbocycles. The first-order valence-electron chi connectivity index (χ1n) is 9.84. The smallest absolute Gasteiger partial charge is 0.275 e. The van der Waals surface area contributed by atoms with Gasteiger partial charge in [-0.05, 0) is 32.8 Å². The number of aromatic nitrogens is 4. The fraction of sp³-hybridized carbons (Fsp3) is 0.550. The summed E-state index contributed by atoms with van der Waals surface area (Å²) < 4.78 is 6.77. The third-order valence-corrected chi connectivity index (χ3v) is 5.90. The largest absolute Gasteiger partial charge is 0.383 e. The van der Waals surface area contributed by atoms with Crippen molar-refractivity contribution in [2.45, 2.75) is 38.6 Å². The predicted octanol–water partition coefficient (Wildman–Crippen LogP) is 1.21. The molecule has 0 bridgehead atoms. The minimum Gasteiger partial charge on any atom is -0.383 e. The van der Waals surface area contributed by atoms with E-state index in [0.29, 0.717) is 43.5 Å². The van der Waals surface area contributed by atoms with Crippen LogP contribution in [0.2, 0.25) is 0 Å². The van der Waals surface area contributed by atoms with Crippen LogP contribution < -0.4 is 4.90 Å². The van der Waals surface area contributed by atoms with E-state index in [0.717, 1.165) is 24.1 Å². The van der Waals surface area contributed by atoms with E-state index in [9.17, 15) is 9.59 Å². The zero-order valence-corrected chi connectivity index (χ0v) is 17.3. The Kier molecular flexibility index (Phi) is 4.85. The fourth-order valence-corrected chi connectivity index (χ4v) is 4.22. The maximum absolute atomic E-state index is 13.1. The summed E-state index contributed by atoms with van der Waals surface area (Å²) in [5.41, 5.74) is 1.42. The van der Waals surface area contributed by atoms with Crippen LogP contribution in [0.5, 0.6) is 0 Å². The molecule has 9 heteroatoms. The van der Waals surface area contributed by atoms with Gasteiger partial charge in [0.1, 0.15) is 17.1 Å². The number of anilines is 1. The molecule has 2 aliphatic heterocycles. The van der Waals surface area contributed by atoms with E-state index in [1.54, 1.807) is 36.0 Å². The molecule has 0 N–H and O–H groups in total. The lowest BCUT2D eigenvalue weighted by atomic mass is 9.96. The summed E-state index contributed by atoms with van der Waals surface area (Å²) >= 11 is 0. The minimum atomic E-state index is -0.646. The van der Waals surface area contributed by atoms with Gasteiger partial charge in [-0.25, -0.2) is 9.97 Å². The molecule has 29 heavy (non-hydrogen) atoms. The van der Waals surface area contributed by atoms with Gasteiger partial charge < -0.3 is 9.64 Å². The van der Waals surface area contributed by atoms with Gasteiger partial charge in [-0.15, -0.1) is 0 Å². The van der Waals surface area contributed by atoms with Crippen molar-refractivity contribution in [2.75, 3.05) is 31.7 Å². The van der Waals surface area contributed by atoms with Crippen molar-refractivity contribution in [3.8, 4) is 0 Å². The number of hydrogen-bond acceptors (Lipinski definition) is 6. The molecule has 154 valence electrons. The zero-order chi connectivity index (χ0) is 20.8. The van der Waals surface area contributed by atoms with Crippen LogP contribution in [0.4, 0.5) is 5.82 Å². The number of likely N-dealkylation sites (tertiary alicyclic amines) is 1. The van der Waals surface area contributed by atoms with Crippen LogP contribution in [0.25, 0.3) is 0 Å². The van der Waals surface area contributed by atoms with Crippen molar-refractivity contribution in [3.63, 3.8) is 0 Å². The van der Waals surface area contributed by atoms with E-state index < -0.39 is 5.54 Å². The minimum absolute atomic E-state index is 0.00425. The van der Waals surface area contributed by atoms with Gasteiger partial charge in [-0.1, -0.05) is 0 Å². The van der Waals surface area contributed by atoms with Gasteiger partial charge in [0.25, 0.3) is 5.91 Å². The van der Waals surface area contributed by atoms with Crippen LogP contribution in [0.1, 0.15) is 47.3 Å². The lowest BCUT2D eigenvalue weighted by Crippen LogP contribution is -2.44. The SMILES string of the molecule is COCCN1C(=O)Cc2c(C)nc([C@]3(C)CCCN3C(=O)c3ccn(C)n3)nc21. The lowest BCUT2D eigenvalue weighted by molar-refractivity contribution is -0.117. The van der Waals surface area contributed by atoms with Crippen LogP contribution in [0.15, 0.2) is 12.3 Å². The quantitative estimate of drug-likeness (QED) is 0.751. The van der Waals surface area contributed by atoms with Gasteiger partial charge in [-0.2, -0.15) is 5.10 Å². The monoisotopic (exact) mass is 398 g/mol. The van der Waals surface area contributed by atoms with E-state index >= 15 is 0 Å². The maximum atomic E-state index is 13.1. The Hall–Kier alpha value is -2.81. The first kappa shape index (κ1) is 19.5. The number of amides is 2. The van der Waals surface area contributed by atoms with E-state index in [2.05, 4.69) is 5.10 Å². The topological polar surface area (TPSA) is 93.5 Å². The Labute approximate surface area is 169 Å². The first-order chi connectivity index (χ1) is 13.8. The van der Waals surface area contributed by atoms with Crippen molar-refractivity contribution in [1.29, 1.82) is 0 Å². The summed E-state index contributed by atoms with van der Waals surface area (Å²) in [6.07, 6.45) is 3.69. The van der Waals surface area contributed by atoms with Gasteiger partial charge >= 0.3 is 0 Å². The van der Waals surface area contributed by atoms with Gasteiger partial charge in [0.2, 0.25) is 5.91 Å². The second-order valence-corrected chi connectivity index (χ2v) is 7.86. The highest BCUT2D eigenvalue weighted by Gasteiger charge is 2.45. The van der Waals surface area contributed by atoms with Gasteiger partial charge in [0.05, 0.1) is 19.6 Å². The molecule has 1 atom stereocenters. The summed E-state index contributed by atoms with van der Waals surface area (Å²) in [4.78, 5) is 38.6. The number of fused-ring (bicyclic) bond motifs is 1. The summed E-state index contributed by atoms with van der Waals surface area (Å²) in [6, 6.07) is 1.72. The van der Waals surface area contributed by atoms with Crippen LogP contribution >= 0.6 is 0 Å². The second kappa shape index (κ2) is 7.22. The molecule has 1 saturated heterocycles. The fourth-order valence-electron chi connectivity index (χ4n) is 4.22. The van der Waals surface area contributed by atoms with Crippen molar-refractivity contribution < 1.29 is 14.3 Å². The molecule has 0 radical (unpaired) electrons. The number of methoxy groups -OCH3 is 1. The molecular formula is C20H26N6O3. The average Bonchev–Trinajstić information content (AvgIpc) is 3.37. The lowest BCUT2D eigenvalue weighted by Gasteiger charge is -2.34. The number of hydrogen-bond donors (Lipinski definition) is 0. The number of ether oxygens (including phenoxy) is 1. The highest BCUT2D eigenvalue weighted by atomic mass is 16.5. The number of carbonyl (C=O) groups excluding carboxylic acids is 2. The van der Waals surface area contributed by atoms with Crippen molar-refractivity contribution in [3.05, 3.63) is 35.0 Å². The Balaban J connectivity index is 1.72. The molecule has 2 aromatic rings. The Morgan fingerprint density at radius 2 is 2.14 bits per heavy atom. The first-order valence-corrected chi connectivity index (χ1v) is 9.84. The molecule has 2 aromatic heterocycles. The molecule has 0 spiro atoms. The van der Waals surface area contributed by atoms with Crippen LogP contribution in [0, 0.1) is 6.92 Å². The summed E-state index contributed by atoms with van der Waals surface area (Å²) in [5.74, 6) is 1.10. The van der Waals surface area contributed by atoms with Gasteiger partial charge in [-0.3, -0.25) is 19.2 Å².